The lowest BCUT2D eigenvalue weighted by Crippen LogP contribution is -2.21. The number of pyridine rings is 1. The Balaban J connectivity index is 0.000000245. The first-order chi connectivity index (χ1) is 15.7. The second-order valence-electron chi connectivity index (χ2n) is 7.27. The fourth-order valence-electron chi connectivity index (χ4n) is 2.96. The molecule has 1 aromatic heterocycles. The Labute approximate surface area is 191 Å². The van der Waals surface area contributed by atoms with E-state index in [1.165, 1.54) is 25.3 Å². The summed E-state index contributed by atoms with van der Waals surface area (Å²) >= 11 is 0. The second kappa shape index (κ2) is 11.9. The molecule has 1 heterocycles. The minimum absolute atomic E-state index is 0.173. The van der Waals surface area contributed by atoms with E-state index in [1.54, 1.807) is 17.0 Å². The van der Waals surface area contributed by atoms with Crippen LogP contribution in [0.2, 0.25) is 0 Å². The maximum absolute atomic E-state index is 12.8. The lowest BCUT2D eigenvalue weighted by Gasteiger charge is -2.18. The van der Waals surface area contributed by atoms with Crippen LogP contribution in [0.4, 0.5) is 21.6 Å². The number of carbonyl (C=O) groups is 2. The van der Waals surface area contributed by atoms with Crippen molar-refractivity contribution >= 4 is 35.7 Å². The Morgan fingerprint density at radius 2 is 1.82 bits per heavy atom. The molecule has 2 aromatic carbocycles. The molecule has 0 bridgehead atoms. The normalized spacial score (nSPS) is 9.91. The van der Waals surface area contributed by atoms with Gasteiger partial charge in [0, 0.05) is 26.2 Å². The number of carbonyl (C=O) groups excluding carboxylic acids is 2. The average Bonchev–Trinajstić information content (AvgIpc) is 2.79. The fourth-order valence-corrected chi connectivity index (χ4v) is 2.96. The van der Waals surface area contributed by atoms with Crippen molar-refractivity contribution in [1.29, 1.82) is 5.41 Å². The summed E-state index contributed by atoms with van der Waals surface area (Å²) in [7, 11) is 0. The van der Waals surface area contributed by atoms with Crippen LogP contribution < -0.4 is 16.8 Å². The minimum atomic E-state index is -0.264. The molecule has 0 radical (unpaired) electrons. The molecular weight excluding hydrogens is 423 g/mol. The zero-order chi connectivity index (χ0) is 24.4. The molecule has 0 atom stereocenters. The van der Waals surface area contributed by atoms with Crippen LogP contribution in [0.5, 0.6) is 0 Å². The van der Waals surface area contributed by atoms with Crippen molar-refractivity contribution in [3.8, 4) is 0 Å². The molecule has 0 aliphatic heterocycles. The Morgan fingerprint density at radius 3 is 2.39 bits per heavy atom. The van der Waals surface area contributed by atoms with Crippen molar-refractivity contribution in [2.24, 2.45) is 0 Å². The van der Waals surface area contributed by atoms with E-state index >= 15 is 0 Å². The predicted octanol–water partition coefficient (Wildman–Crippen LogP) is 3.49. The van der Waals surface area contributed by atoms with Crippen LogP contribution in [0, 0.1) is 18.2 Å². The van der Waals surface area contributed by atoms with Gasteiger partial charge in [-0.15, -0.1) is 0 Å². The van der Waals surface area contributed by atoms with Crippen LogP contribution in [0.3, 0.4) is 0 Å². The summed E-state index contributed by atoms with van der Waals surface area (Å²) in [5.74, 6) is -0.342. The molecule has 0 fully saturated rings. The number of aryl methyl sites for hydroxylation is 1. The van der Waals surface area contributed by atoms with Crippen LogP contribution in [0.1, 0.15) is 29.2 Å². The van der Waals surface area contributed by atoms with E-state index in [4.69, 9.17) is 16.9 Å². The van der Waals surface area contributed by atoms with Crippen LogP contribution in [-0.2, 0) is 22.7 Å². The van der Waals surface area contributed by atoms with Gasteiger partial charge in [0.15, 0.2) is 0 Å². The van der Waals surface area contributed by atoms with Crippen molar-refractivity contribution in [1.82, 2.24) is 9.88 Å². The van der Waals surface area contributed by atoms with Gasteiger partial charge in [0.2, 0.25) is 12.3 Å². The Morgan fingerprint density at radius 1 is 1.15 bits per heavy atom. The van der Waals surface area contributed by atoms with Gasteiger partial charge in [0.1, 0.15) is 11.6 Å². The second-order valence-corrected chi connectivity index (χ2v) is 7.27. The molecule has 0 saturated carbocycles. The average molecular weight is 451 g/mol. The third-order valence-corrected chi connectivity index (χ3v) is 4.73. The van der Waals surface area contributed by atoms with Gasteiger partial charge in [-0.05, 0) is 35.7 Å². The number of benzene rings is 2. The van der Waals surface area contributed by atoms with E-state index in [0.717, 1.165) is 29.3 Å². The van der Waals surface area contributed by atoms with Gasteiger partial charge in [-0.3, -0.25) is 9.59 Å². The number of hydrogen-bond donors (Lipinski definition) is 4. The zero-order valence-corrected chi connectivity index (χ0v) is 18.5. The smallest absolute Gasteiger partial charge is 0.221 e. The SMILES string of the molecule is CC(=O)Nc1cnc(N)c(C=N)c1N.Cc1ccccc1CN(C=O)Cc1ccc(F)cc1. The number of nitrogens with one attached hydrogen (secondary N) is 2. The number of aromatic nitrogens is 1. The van der Waals surface area contributed by atoms with E-state index < -0.39 is 0 Å². The van der Waals surface area contributed by atoms with Gasteiger partial charge < -0.3 is 27.1 Å². The first kappa shape index (κ1) is 25.0. The molecule has 0 aliphatic rings. The number of nitrogen functional groups attached to an aromatic ring is 2. The summed E-state index contributed by atoms with van der Waals surface area (Å²) in [6, 6.07) is 14.2. The largest absolute Gasteiger partial charge is 0.396 e. The van der Waals surface area contributed by atoms with Crippen molar-refractivity contribution in [3.05, 3.63) is 82.8 Å². The molecular formula is C24H27FN6O2. The molecule has 33 heavy (non-hydrogen) atoms. The zero-order valence-electron chi connectivity index (χ0n) is 18.5. The van der Waals surface area contributed by atoms with E-state index in [1.807, 2.05) is 31.2 Å². The first-order valence-electron chi connectivity index (χ1n) is 10.1. The molecule has 8 nitrogen and oxygen atoms in total. The molecule has 0 unspecified atom stereocenters. The lowest BCUT2D eigenvalue weighted by atomic mass is 10.1. The highest BCUT2D eigenvalue weighted by atomic mass is 19.1. The van der Waals surface area contributed by atoms with Crippen LogP contribution in [0.25, 0.3) is 0 Å². The molecule has 6 N–H and O–H groups in total. The monoisotopic (exact) mass is 450 g/mol. The van der Waals surface area contributed by atoms with Crippen molar-refractivity contribution in [2.45, 2.75) is 26.9 Å². The van der Waals surface area contributed by atoms with E-state index in [9.17, 15) is 14.0 Å². The number of rotatable bonds is 7. The topological polar surface area (TPSA) is 138 Å². The Kier molecular flexibility index (Phi) is 9.05. The maximum atomic E-state index is 12.8. The summed E-state index contributed by atoms with van der Waals surface area (Å²) in [4.78, 5) is 27.4. The van der Waals surface area contributed by atoms with Crippen molar-refractivity contribution in [3.63, 3.8) is 0 Å². The highest BCUT2D eigenvalue weighted by Crippen LogP contribution is 2.24. The van der Waals surface area contributed by atoms with Gasteiger partial charge in [-0.25, -0.2) is 9.37 Å². The molecule has 0 aliphatic carbocycles. The number of hydrogen-bond acceptors (Lipinski definition) is 6. The van der Waals surface area contributed by atoms with Crippen LogP contribution in [-0.4, -0.2) is 28.4 Å². The summed E-state index contributed by atoms with van der Waals surface area (Å²) < 4.78 is 12.8. The number of anilines is 3. The van der Waals surface area contributed by atoms with Gasteiger partial charge >= 0.3 is 0 Å². The molecule has 3 aromatic rings. The summed E-state index contributed by atoms with van der Waals surface area (Å²) in [5, 5.41) is 9.56. The molecule has 2 amide bonds. The number of nitrogens with zero attached hydrogens (tertiary/aromatic N) is 2. The standard InChI is InChI=1S/C16H16FNO.C8H11N5O/c1-13-4-2-3-5-15(13)11-18(12-19)10-14-6-8-16(17)9-7-14;1-4(14)13-6-3-12-8(11)5(2-9)7(6)10/h2-9,12H,10-11H2,1H3;2-3,9H,1H3,(H,13,14)(H4,10,11,12). The summed E-state index contributed by atoms with van der Waals surface area (Å²) in [5.41, 5.74) is 15.3. The van der Waals surface area contributed by atoms with Crippen LogP contribution in [0.15, 0.2) is 54.7 Å². The maximum Gasteiger partial charge on any atom is 0.221 e. The van der Waals surface area contributed by atoms with E-state index in [2.05, 4.69) is 10.3 Å². The fraction of sp³-hybridized carbons (Fsp3) is 0.167. The van der Waals surface area contributed by atoms with Crippen molar-refractivity contribution in [2.75, 3.05) is 16.8 Å². The van der Waals surface area contributed by atoms with Gasteiger partial charge in [0.05, 0.1) is 23.1 Å². The summed E-state index contributed by atoms with van der Waals surface area (Å²) in [6.45, 7) is 4.43. The minimum Gasteiger partial charge on any atom is -0.396 e. The Bertz CT molecular complexity index is 1120. The van der Waals surface area contributed by atoms with Gasteiger partial charge in [0.25, 0.3) is 0 Å². The predicted molar refractivity (Wildman–Crippen MR) is 128 cm³/mol. The molecule has 172 valence electrons. The quantitative estimate of drug-likeness (QED) is 0.322. The number of halogens is 1. The summed E-state index contributed by atoms with van der Waals surface area (Å²) in [6.07, 6.45) is 3.19. The van der Waals surface area contributed by atoms with E-state index in [-0.39, 0.29) is 23.2 Å². The van der Waals surface area contributed by atoms with Crippen LogP contribution >= 0.6 is 0 Å². The van der Waals surface area contributed by atoms with Gasteiger partial charge in [-0.2, -0.15) is 0 Å². The third kappa shape index (κ3) is 7.42. The molecule has 3 rings (SSSR count). The first-order valence-corrected chi connectivity index (χ1v) is 10.1. The van der Waals surface area contributed by atoms with Gasteiger partial charge in [-0.1, -0.05) is 36.4 Å². The lowest BCUT2D eigenvalue weighted by molar-refractivity contribution is -0.119. The van der Waals surface area contributed by atoms with E-state index in [0.29, 0.717) is 24.3 Å². The third-order valence-electron chi connectivity index (χ3n) is 4.73. The molecule has 9 heteroatoms. The number of amides is 2. The highest BCUT2D eigenvalue weighted by molar-refractivity contribution is 5.99. The van der Waals surface area contributed by atoms with Crippen molar-refractivity contribution < 1.29 is 14.0 Å². The Hall–Kier alpha value is -4.27. The number of nitrogens with two attached hydrogens (primary N) is 2. The molecule has 0 spiro atoms. The molecule has 0 saturated heterocycles. The highest BCUT2D eigenvalue weighted by Gasteiger charge is 2.09.